The van der Waals surface area contributed by atoms with E-state index in [0.29, 0.717) is 32.8 Å². The van der Waals surface area contributed by atoms with E-state index in [1.807, 2.05) is 127 Å². The second-order valence-electron chi connectivity index (χ2n) is 14.4. The maximum atomic E-state index is 14.4. The number of halogens is 1. The van der Waals surface area contributed by atoms with Gasteiger partial charge in [-0.15, -0.1) is 0 Å². The molecule has 0 amide bonds. The van der Waals surface area contributed by atoms with Gasteiger partial charge in [0.2, 0.25) is 0 Å². The van der Waals surface area contributed by atoms with Crippen LogP contribution >= 0.6 is 22.6 Å². The summed E-state index contributed by atoms with van der Waals surface area (Å²) < 4.78 is 41.5. The summed E-state index contributed by atoms with van der Waals surface area (Å²) in [4.78, 5) is 16.7. The number of esters is 1. The monoisotopic (exact) mass is 867 g/mol. The molecule has 7 atom stereocenters. The molecule has 5 aromatic rings. The number of hydrogen-bond acceptors (Lipinski definition) is 8. The highest BCUT2D eigenvalue weighted by molar-refractivity contribution is 14.1. The summed E-state index contributed by atoms with van der Waals surface area (Å²) in [6.07, 6.45) is -2.15. The lowest BCUT2D eigenvalue weighted by Crippen LogP contribution is -2.71. The second kappa shape index (κ2) is 20.0. The molecule has 1 spiro atoms. The Morgan fingerprint density at radius 2 is 1.09 bits per heavy atom. The molecule has 7 rings (SSSR count). The van der Waals surface area contributed by atoms with E-state index in [1.54, 1.807) is 0 Å². The lowest BCUT2D eigenvalue weighted by molar-refractivity contribution is -0.312. The van der Waals surface area contributed by atoms with Crippen LogP contribution in [-0.4, -0.2) is 71.1 Å². The van der Waals surface area contributed by atoms with E-state index in [-0.39, 0.29) is 25.2 Å². The van der Waals surface area contributed by atoms with Crippen LogP contribution in [0.1, 0.15) is 34.2 Å². The van der Waals surface area contributed by atoms with E-state index in [1.165, 1.54) is 7.11 Å². The number of methoxy groups -OCH3 is 1. The predicted octanol–water partition coefficient (Wildman–Crippen LogP) is 8.35. The van der Waals surface area contributed by atoms with Gasteiger partial charge in [-0.3, -0.25) is 9.69 Å². The lowest BCUT2D eigenvalue weighted by atomic mass is 9.78. The van der Waals surface area contributed by atoms with Crippen molar-refractivity contribution in [1.29, 1.82) is 0 Å². The summed E-state index contributed by atoms with van der Waals surface area (Å²) in [5.41, 5.74) is 3.98. The maximum Gasteiger partial charge on any atom is 0.326 e. The van der Waals surface area contributed by atoms with Gasteiger partial charge >= 0.3 is 5.97 Å². The van der Waals surface area contributed by atoms with Crippen molar-refractivity contribution in [2.75, 3.05) is 18.1 Å². The Labute approximate surface area is 344 Å². The minimum Gasteiger partial charge on any atom is -0.468 e. The van der Waals surface area contributed by atoms with E-state index in [0.717, 1.165) is 32.2 Å². The van der Waals surface area contributed by atoms with Gasteiger partial charge in [-0.05, 0) is 34.2 Å². The first-order valence-corrected chi connectivity index (χ1v) is 20.8. The fourth-order valence-electron chi connectivity index (χ4n) is 8.07. The van der Waals surface area contributed by atoms with E-state index in [2.05, 4.69) is 51.8 Å². The van der Waals surface area contributed by atoms with Crippen LogP contribution in [0.5, 0.6) is 0 Å². The fraction of sp³-hybridized carbons (Fsp3) is 0.340. The summed E-state index contributed by atoms with van der Waals surface area (Å²) >= 11 is 2.43. The van der Waals surface area contributed by atoms with E-state index < -0.39 is 36.1 Å². The molecular weight excluding hydrogens is 817 g/mol. The Bertz CT molecular complexity index is 1910. The number of alkyl halides is 1. The van der Waals surface area contributed by atoms with E-state index in [4.69, 9.17) is 28.4 Å². The van der Waals surface area contributed by atoms with Crippen molar-refractivity contribution in [3.05, 3.63) is 179 Å². The van der Waals surface area contributed by atoms with Crippen molar-refractivity contribution < 1.29 is 33.2 Å². The minimum atomic E-state index is -1.19. The molecule has 2 aliphatic heterocycles. The molecule has 0 saturated carbocycles. The molecule has 5 aromatic carbocycles. The summed E-state index contributed by atoms with van der Waals surface area (Å²) in [5.74, 6) is -0.379. The van der Waals surface area contributed by atoms with Crippen molar-refractivity contribution >= 4 is 28.6 Å². The Kier molecular flexibility index (Phi) is 14.4. The molecule has 292 valence electrons. The Hall–Kier alpha value is -3.94. The quantitative estimate of drug-likeness (QED) is 0.0525. The Morgan fingerprint density at radius 1 is 0.643 bits per heavy atom. The van der Waals surface area contributed by atoms with Gasteiger partial charge in [0.05, 0.1) is 40.1 Å². The number of ether oxygens (including phenoxy) is 6. The third-order valence-corrected chi connectivity index (χ3v) is 11.7. The number of rotatable bonds is 17. The van der Waals surface area contributed by atoms with Crippen molar-refractivity contribution in [3.8, 4) is 0 Å². The van der Waals surface area contributed by atoms with Crippen molar-refractivity contribution in [1.82, 2.24) is 4.90 Å². The molecule has 2 heterocycles. The zero-order chi connectivity index (χ0) is 38.6. The predicted molar refractivity (Wildman–Crippen MR) is 224 cm³/mol. The smallest absolute Gasteiger partial charge is 0.326 e. The molecule has 0 aromatic heterocycles. The highest BCUT2D eigenvalue weighted by Crippen LogP contribution is 2.49. The van der Waals surface area contributed by atoms with Gasteiger partial charge in [0.25, 0.3) is 0 Å². The SMILES string of the molecule is COC(=O)[C@H]1N(Cc2ccccc2)C(CI)C[C@]12OC(COCc1ccccc1)[C@@H](OCc1ccccc1)[C@@H](OCc1ccccc1)C2OCc1ccccc1. The van der Waals surface area contributed by atoms with Crippen LogP contribution in [0.2, 0.25) is 0 Å². The van der Waals surface area contributed by atoms with Crippen molar-refractivity contribution in [2.24, 2.45) is 0 Å². The highest BCUT2D eigenvalue weighted by Gasteiger charge is 2.67. The van der Waals surface area contributed by atoms with Gasteiger partial charge in [0.15, 0.2) is 0 Å². The number of likely N-dealkylation sites (tertiary alicyclic amines) is 1. The first kappa shape index (κ1) is 40.3. The van der Waals surface area contributed by atoms with Crippen molar-refractivity contribution in [2.45, 2.75) is 81.5 Å². The van der Waals surface area contributed by atoms with Gasteiger partial charge in [0.1, 0.15) is 36.1 Å². The van der Waals surface area contributed by atoms with Gasteiger partial charge in [0, 0.05) is 17.0 Å². The highest BCUT2D eigenvalue weighted by atomic mass is 127. The molecule has 0 radical (unpaired) electrons. The number of benzene rings is 5. The number of hydrogen-bond donors (Lipinski definition) is 0. The molecule has 0 N–H and O–H groups in total. The first-order chi connectivity index (χ1) is 27.6. The topological polar surface area (TPSA) is 75.7 Å². The second-order valence-corrected chi connectivity index (χ2v) is 15.3. The normalized spacial score (nSPS) is 25.0. The van der Waals surface area contributed by atoms with Gasteiger partial charge < -0.3 is 28.4 Å². The van der Waals surface area contributed by atoms with Gasteiger partial charge in [-0.25, -0.2) is 0 Å². The summed E-state index contributed by atoms with van der Waals surface area (Å²) in [6, 6.07) is 49.8. The van der Waals surface area contributed by atoms with Gasteiger partial charge in [-0.2, -0.15) is 0 Å². The Balaban J connectivity index is 1.33. The number of carbonyl (C=O) groups is 1. The van der Waals surface area contributed by atoms with Crippen LogP contribution in [0, 0.1) is 0 Å². The maximum absolute atomic E-state index is 14.4. The minimum absolute atomic E-state index is 0.0369. The standard InChI is InChI=1S/C47H50INO7/c1-51-46(50)44-47(27-40(28-48)49(44)29-35-17-7-2-8-18-35)45(55-33-39-25-15-6-16-26-39)43(54-32-38-23-13-5-14-24-38)42(53-31-37-21-11-4-12-22-37)41(56-47)34-52-30-36-19-9-3-10-20-36/h2-26,40-45H,27-34H2,1H3/t40?,41?,42-,43-,44-,45?,47+/m1/s1. The molecule has 0 aliphatic carbocycles. The average molecular weight is 868 g/mol. The third kappa shape index (κ3) is 9.77. The number of carbonyl (C=O) groups excluding carboxylic acids is 1. The lowest BCUT2D eigenvalue weighted by Gasteiger charge is -2.53. The average Bonchev–Trinajstić information content (AvgIpc) is 3.56. The largest absolute Gasteiger partial charge is 0.468 e. The third-order valence-electron chi connectivity index (χ3n) is 10.7. The first-order valence-electron chi connectivity index (χ1n) is 19.3. The molecule has 0 bridgehead atoms. The zero-order valence-electron chi connectivity index (χ0n) is 31.7. The summed E-state index contributed by atoms with van der Waals surface area (Å²) in [5, 5.41) is 0. The molecule has 3 unspecified atom stereocenters. The van der Waals surface area contributed by atoms with Crippen LogP contribution in [0.25, 0.3) is 0 Å². The molecule has 2 saturated heterocycles. The van der Waals surface area contributed by atoms with Crippen LogP contribution in [-0.2, 0) is 66.2 Å². The van der Waals surface area contributed by atoms with E-state index >= 15 is 0 Å². The summed E-state index contributed by atoms with van der Waals surface area (Å²) in [6.45, 7) is 2.04. The molecule has 56 heavy (non-hydrogen) atoms. The van der Waals surface area contributed by atoms with E-state index in [9.17, 15) is 4.79 Å². The van der Waals surface area contributed by atoms with Crippen LogP contribution < -0.4 is 0 Å². The molecular formula is C47H50INO7. The number of nitrogens with zero attached hydrogens (tertiary/aromatic N) is 1. The molecule has 8 nitrogen and oxygen atoms in total. The van der Waals surface area contributed by atoms with Crippen LogP contribution in [0.3, 0.4) is 0 Å². The van der Waals surface area contributed by atoms with Crippen LogP contribution in [0.15, 0.2) is 152 Å². The van der Waals surface area contributed by atoms with Gasteiger partial charge in [-0.1, -0.05) is 174 Å². The zero-order valence-corrected chi connectivity index (χ0v) is 33.9. The molecule has 2 fully saturated rings. The Morgan fingerprint density at radius 3 is 1.57 bits per heavy atom. The van der Waals surface area contributed by atoms with Crippen LogP contribution in [0.4, 0.5) is 0 Å². The molecule has 2 aliphatic rings. The summed E-state index contributed by atoms with van der Waals surface area (Å²) in [7, 11) is 1.45. The van der Waals surface area contributed by atoms with Crippen molar-refractivity contribution in [3.63, 3.8) is 0 Å². The molecule has 9 heteroatoms. The fourth-order valence-corrected chi connectivity index (χ4v) is 8.88.